The van der Waals surface area contributed by atoms with Gasteiger partial charge in [-0.3, -0.25) is 9.78 Å². The summed E-state index contributed by atoms with van der Waals surface area (Å²) in [5.41, 5.74) is 2.82. The fourth-order valence-electron chi connectivity index (χ4n) is 2.54. The average Bonchev–Trinajstić information content (AvgIpc) is 2.59. The number of carbonyl (C=O) groups is 1. The number of likely N-dealkylation sites (N-methyl/N-ethyl adjacent to an activating group) is 1. The van der Waals surface area contributed by atoms with Crippen LogP contribution in [0.1, 0.15) is 11.1 Å². The van der Waals surface area contributed by atoms with Crippen molar-refractivity contribution in [3.05, 3.63) is 83.0 Å². The molecular formula is C20H17ClN2O. The molecule has 120 valence electrons. The molecule has 4 heteroatoms. The molecule has 0 saturated heterocycles. The highest BCUT2D eigenvalue weighted by molar-refractivity contribution is 6.30. The van der Waals surface area contributed by atoms with E-state index < -0.39 is 0 Å². The number of benzene rings is 2. The number of hydrogen-bond donors (Lipinski definition) is 0. The Morgan fingerprint density at radius 2 is 1.96 bits per heavy atom. The van der Waals surface area contributed by atoms with Gasteiger partial charge in [0.2, 0.25) is 5.91 Å². The van der Waals surface area contributed by atoms with Crippen molar-refractivity contribution >= 4 is 34.5 Å². The molecule has 0 aliphatic heterocycles. The number of pyridine rings is 1. The predicted octanol–water partition coefficient (Wildman–Crippen LogP) is 4.56. The minimum atomic E-state index is -0.0668. The number of aromatic nitrogens is 1. The number of amides is 1. The number of hydrogen-bond acceptors (Lipinski definition) is 2. The second-order valence-electron chi connectivity index (χ2n) is 5.58. The summed E-state index contributed by atoms with van der Waals surface area (Å²) >= 11 is 5.98. The maximum atomic E-state index is 12.3. The van der Waals surface area contributed by atoms with Gasteiger partial charge in [0, 0.05) is 41.8 Å². The number of halogens is 1. The molecule has 0 N–H and O–H groups in total. The first-order chi connectivity index (χ1) is 11.6. The Hall–Kier alpha value is -2.65. The van der Waals surface area contributed by atoms with Gasteiger partial charge in [0.25, 0.3) is 0 Å². The van der Waals surface area contributed by atoms with Crippen LogP contribution in [0.5, 0.6) is 0 Å². The van der Waals surface area contributed by atoms with Gasteiger partial charge in [-0.15, -0.1) is 0 Å². The van der Waals surface area contributed by atoms with E-state index in [9.17, 15) is 4.79 Å². The number of carbonyl (C=O) groups excluding carboxylic acids is 1. The van der Waals surface area contributed by atoms with Crippen LogP contribution in [-0.4, -0.2) is 22.8 Å². The summed E-state index contributed by atoms with van der Waals surface area (Å²) in [4.78, 5) is 18.4. The van der Waals surface area contributed by atoms with Crippen LogP contribution in [0.25, 0.3) is 17.0 Å². The standard InChI is InChI=1S/C20H17ClN2O/c1-23(14-15-5-2-9-18(21)13-15)19(24)11-10-17-7-3-6-16-8-4-12-22-20(16)17/h2-13H,14H2,1H3/b11-10+. The molecule has 24 heavy (non-hydrogen) atoms. The second kappa shape index (κ2) is 7.28. The lowest BCUT2D eigenvalue weighted by Crippen LogP contribution is -2.24. The predicted molar refractivity (Wildman–Crippen MR) is 98.7 cm³/mol. The molecule has 0 bridgehead atoms. The highest BCUT2D eigenvalue weighted by atomic mass is 35.5. The van der Waals surface area contributed by atoms with E-state index in [4.69, 9.17) is 11.6 Å². The SMILES string of the molecule is CN(Cc1cccc(Cl)c1)C(=O)/C=C/c1cccc2cccnc12. The molecule has 0 saturated carbocycles. The van der Waals surface area contributed by atoms with Gasteiger partial charge < -0.3 is 4.90 Å². The van der Waals surface area contributed by atoms with Gasteiger partial charge in [-0.2, -0.15) is 0 Å². The van der Waals surface area contributed by atoms with Gasteiger partial charge in [0.1, 0.15) is 0 Å². The molecule has 1 amide bonds. The van der Waals surface area contributed by atoms with E-state index in [2.05, 4.69) is 4.98 Å². The van der Waals surface area contributed by atoms with Crippen LogP contribution in [0.3, 0.4) is 0 Å². The zero-order valence-electron chi connectivity index (χ0n) is 13.3. The maximum absolute atomic E-state index is 12.3. The first kappa shape index (κ1) is 16.2. The lowest BCUT2D eigenvalue weighted by molar-refractivity contribution is -0.125. The number of para-hydroxylation sites is 1. The average molecular weight is 337 g/mol. The van der Waals surface area contributed by atoms with E-state index in [0.717, 1.165) is 22.0 Å². The summed E-state index contributed by atoms with van der Waals surface area (Å²) in [7, 11) is 1.77. The van der Waals surface area contributed by atoms with Crippen LogP contribution < -0.4 is 0 Å². The Morgan fingerprint density at radius 1 is 1.17 bits per heavy atom. The van der Waals surface area contributed by atoms with Crippen LogP contribution in [0.2, 0.25) is 5.02 Å². The monoisotopic (exact) mass is 336 g/mol. The molecule has 3 aromatic rings. The molecule has 0 fully saturated rings. The molecule has 0 atom stereocenters. The molecule has 3 nitrogen and oxygen atoms in total. The number of rotatable bonds is 4. The first-order valence-electron chi connectivity index (χ1n) is 7.65. The van der Waals surface area contributed by atoms with E-state index in [0.29, 0.717) is 11.6 Å². The summed E-state index contributed by atoms with van der Waals surface area (Å²) in [6.07, 6.45) is 5.15. The largest absolute Gasteiger partial charge is 0.338 e. The summed E-state index contributed by atoms with van der Waals surface area (Å²) in [6, 6.07) is 17.4. The topological polar surface area (TPSA) is 33.2 Å². The number of nitrogens with zero attached hydrogens (tertiary/aromatic N) is 2. The molecule has 0 aliphatic rings. The molecule has 0 aliphatic carbocycles. The Balaban J connectivity index is 1.74. The van der Waals surface area contributed by atoms with Crippen LogP contribution in [0.4, 0.5) is 0 Å². The van der Waals surface area contributed by atoms with Gasteiger partial charge in [0.05, 0.1) is 5.52 Å². The van der Waals surface area contributed by atoms with Crippen molar-refractivity contribution in [2.24, 2.45) is 0 Å². The molecule has 3 rings (SSSR count). The van der Waals surface area contributed by atoms with Gasteiger partial charge in [-0.1, -0.05) is 48.0 Å². The van der Waals surface area contributed by atoms with Gasteiger partial charge in [0.15, 0.2) is 0 Å². The highest BCUT2D eigenvalue weighted by Gasteiger charge is 2.07. The van der Waals surface area contributed by atoms with Crippen molar-refractivity contribution in [1.82, 2.24) is 9.88 Å². The van der Waals surface area contributed by atoms with Crippen LogP contribution in [-0.2, 0) is 11.3 Å². The minimum absolute atomic E-state index is 0.0668. The quantitative estimate of drug-likeness (QED) is 0.654. The molecule has 0 unspecified atom stereocenters. The van der Waals surface area contributed by atoms with E-state index >= 15 is 0 Å². The van der Waals surface area contributed by atoms with Crippen LogP contribution in [0.15, 0.2) is 66.9 Å². The van der Waals surface area contributed by atoms with Crippen molar-refractivity contribution in [2.45, 2.75) is 6.54 Å². The Morgan fingerprint density at radius 3 is 2.79 bits per heavy atom. The van der Waals surface area contributed by atoms with Gasteiger partial charge >= 0.3 is 0 Å². The fraction of sp³-hybridized carbons (Fsp3) is 0.100. The molecular weight excluding hydrogens is 320 g/mol. The van der Waals surface area contributed by atoms with E-state index in [-0.39, 0.29) is 5.91 Å². The van der Waals surface area contributed by atoms with Crippen molar-refractivity contribution in [2.75, 3.05) is 7.05 Å². The van der Waals surface area contributed by atoms with Crippen molar-refractivity contribution < 1.29 is 4.79 Å². The Labute approximate surface area is 146 Å². The third-order valence-electron chi connectivity index (χ3n) is 3.75. The Bertz CT molecular complexity index is 900. The lowest BCUT2D eigenvalue weighted by atomic mass is 10.1. The normalized spacial score (nSPS) is 11.1. The zero-order chi connectivity index (χ0) is 16.9. The highest BCUT2D eigenvalue weighted by Crippen LogP contribution is 2.17. The second-order valence-corrected chi connectivity index (χ2v) is 6.02. The summed E-state index contributed by atoms with van der Waals surface area (Å²) in [5.74, 6) is -0.0668. The smallest absolute Gasteiger partial charge is 0.246 e. The molecule has 2 aromatic carbocycles. The summed E-state index contributed by atoms with van der Waals surface area (Å²) in [5, 5.41) is 1.73. The molecule has 1 aromatic heterocycles. The Kier molecular flexibility index (Phi) is 4.92. The first-order valence-corrected chi connectivity index (χ1v) is 8.02. The van der Waals surface area contributed by atoms with Crippen molar-refractivity contribution in [1.29, 1.82) is 0 Å². The van der Waals surface area contributed by atoms with Crippen molar-refractivity contribution in [3.63, 3.8) is 0 Å². The lowest BCUT2D eigenvalue weighted by Gasteiger charge is -2.15. The van der Waals surface area contributed by atoms with E-state index in [1.165, 1.54) is 0 Å². The third-order valence-corrected chi connectivity index (χ3v) is 3.99. The van der Waals surface area contributed by atoms with Crippen LogP contribution >= 0.6 is 11.6 Å². The van der Waals surface area contributed by atoms with Crippen LogP contribution in [0, 0.1) is 0 Å². The minimum Gasteiger partial charge on any atom is -0.338 e. The summed E-state index contributed by atoms with van der Waals surface area (Å²) in [6.45, 7) is 0.511. The van der Waals surface area contributed by atoms with E-state index in [1.807, 2.05) is 60.7 Å². The van der Waals surface area contributed by atoms with E-state index in [1.54, 1.807) is 24.2 Å². The number of fused-ring (bicyclic) bond motifs is 1. The van der Waals surface area contributed by atoms with Gasteiger partial charge in [-0.25, -0.2) is 0 Å². The molecule has 0 radical (unpaired) electrons. The molecule has 1 heterocycles. The van der Waals surface area contributed by atoms with Crippen molar-refractivity contribution in [3.8, 4) is 0 Å². The zero-order valence-corrected chi connectivity index (χ0v) is 14.1. The third kappa shape index (κ3) is 3.81. The summed E-state index contributed by atoms with van der Waals surface area (Å²) < 4.78 is 0. The van der Waals surface area contributed by atoms with Gasteiger partial charge in [-0.05, 0) is 29.8 Å². The molecule has 0 spiro atoms. The maximum Gasteiger partial charge on any atom is 0.246 e. The fourth-order valence-corrected chi connectivity index (χ4v) is 2.75.